The third-order valence-electron chi connectivity index (χ3n) is 2.78. The number of nitrogens with zero attached hydrogens (tertiary/aromatic N) is 3. The van der Waals surface area contributed by atoms with Gasteiger partial charge in [0.25, 0.3) is 5.82 Å². The van der Waals surface area contributed by atoms with Gasteiger partial charge < -0.3 is 5.11 Å². The van der Waals surface area contributed by atoms with Crippen LogP contribution in [0.1, 0.15) is 41.8 Å². The average molecular weight is 299 g/mol. The number of aromatic nitrogens is 3. The molecule has 0 aliphatic carbocycles. The van der Waals surface area contributed by atoms with Gasteiger partial charge in [-0.1, -0.05) is 13.8 Å². The smallest absolute Gasteiger partial charge is 0.416 e. The van der Waals surface area contributed by atoms with Crippen LogP contribution in [0.5, 0.6) is 0 Å². The summed E-state index contributed by atoms with van der Waals surface area (Å²) in [5, 5.41) is 12.7. The third-order valence-corrected chi connectivity index (χ3v) is 2.78. The molecule has 1 N–H and O–H groups in total. The number of halogens is 3. The molecule has 1 heterocycles. The minimum absolute atomic E-state index is 0.132. The van der Waals surface area contributed by atoms with E-state index in [1.165, 1.54) is 16.8 Å². The van der Waals surface area contributed by atoms with Crippen molar-refractivity contribution in [2.24, 2.45) is 0 Å². The Labute approximate surface area is 118 Å². The summed E-state index contributed by atoms with van der Waals surface area (Å²) in [5.41, 5.74) is -0.456. The van der Waals surface area contributed by atoms with E-state index in [-0.39, 0.29) is 5.92 Å². The van der Waals surface area contributed by atoms with E-state index in [2.05, 4.69) is 10.1 Å². The molecule has 0 aliphatic heterocycles. The van der Waals surface area contributed by atoms with Crippen LogP contribution in [-0.2, 0) is 6.18 Å². The van der Waals surface area contributed by atoms with E-state index in [0.29, 0.717) is 11.5 Å². The van der Waals surface area contributed by atoms with Gasteiger partial charge in [0.05, 0.1) is 11.3 Å². The van der Waals surface area contributed by atoms with Gasteiger partial charge in [0.15, 0.2) is 0 Å². The van der Waals surface area contributed by atoms with Gasteiger partial charge in [0, 0.05) is 5.92 Å². The lowest BCUT2D eigenvalue weighted by atomic mass is 10.2. The zero-order valence-corrected chi connectivity index (χ0v) is 11.2. The van der Waals surface area contributed by atoms with Gasteiger partial charge in [-0.2, -0.15) is 13.2 Å². The standard InChI is InChI=1S/C13H12F3N3O2/c1-7(2)11-17-10(12(20)21)18-19(11)9-5-3-8(4-6-9)13(14,15)16/h3-7H,1-2H3,(H,20,21). The summed E-state index contributed by atoms with van der Waals surface area (Å²) in [6.45, 7) is 3.58. The quantitative estimate of drug-likeness (QED) is 0.945. The Morgan fingerprint density at radius 3 is 2.24 bits per heavy atom. The third kappa shape index (κ3) is 3.04. The summed E-state index contributed by atoms with van der Waals surface area (Å²) in [7, 11) is 0. The first-order chi connectivity index (χ1) is 9.70. The van der Waals surface area contributed by atoms with Crippen molar-refractivity contribution >= 4 is 5.97 Å². The van der Waals surface area contributed by atoms with Crippen molar-refractivity contribution in [3.8, 4) is 5.69 Å². The highest BCUT2D eigenvalue weighted by Gasteiger charge is 2.30. The molecule has 0 saturated carbocycles. The second-order valence-electron chi connectivity index (χ2n) is 4.71. The van der Waals surface area contributed by atoms with Crippen molar-refractivity contribution in [3.63, 3.8) is 0 Å². The van der Waals surface area contributed by atoms with Gasteiger partial charge >= 0.3 is 12.1 Å². The lowest BCUT2D eigenvalue weighted by molar-refractivity contribution is -0.137. The van der Waals surface area contributed by atoms with Crippen molar-refractivity contribution in [2.75, 3.05) is 0 Å². The normalized spacial score (nSPS) is 11.9. The van der Waals surface area contributed by atoms with Crippen LogP contribution in [0.15, 0.2) is 24.3 Å². The van der Waals surface area contributed by atoms with Crippen LogP contribution in [0.3, 0.4) is 0 Å². The highest BCUT2D eigenvalue weighted by Crippen LogP contribution is 2.30. The molecular formula is C13H12F3N3O2. The SMILES string of the molecule is CC(C)c1nc(C(=O)O)nn1-c1ccc(C(F)(F)F)cc1. The van der Waals surface area contributed by atoms with Crippen LogP contribution in [0, 0.1) is 0 Å². The fourth-order valence-electron chi connectivity index (χ4n) is 1.77. The van der Waals surface area contributed by atoms with E-state index in [0.717, 1.165) is 12.1 Å². The second-order valence-corrected chi connectivity index (χ2v) is 4.71. The van der Waals surface area contributed by atoms with Crippen LogP contribution in [0.25, 0.3) is 5.69 Å². The monoisotopic (exact) mass is 299 g/mol. The lowest BCUT2D eigenvalue weighted by Crippen LogP contribution is -2.07. The Morgan fingerprint density at radius 2 is 1.81 bits per heavy atom. The van der Waals surface area contributed by atoms with Gasteiger partial charge in [-0.3, -0.25) is 0 Å². The van der Waals surface area contributed by atoms with Crippen molar-refractivity contribution in [1.82, 2.24) is 14.8 Å². The molecule has 1 aromatic heterocycles. The number of aromatic carboxylic acids is 1. The molecule has 1 aromatic carbocycles. The molecule has 0 radical (unpaired) electrons. The Balaban J connectivity index is 2.48. The van der Waals surface area contributed by atoms with E-state index in [4.69, 9.17) is 5.11 Å². The van der Waals surface area contributed by atoms with E-state index in [9.17, 15) is 18.0 Å². The first-order valence-corrected chi connectivity index (χ1v) is 6.08. The first kappa shape index (κ1) is 15.0. The number of carbonyl (C=O) groups is 1. The van der Waals surface area contributed by atoms with Crippen molar-refractivity contribution in [3.05, 3.63) is 41.5 Å². The van der Waals surface area contributed by atoms with Gasteiger partial charge in [-0.05, 0) is 24.3 Å². The Morgan fingerprint density at radius 1 is 1.24 bits per heavy atom. The van der Waals surface area contributed by atoms with Crippen LogP contribution in [-0.4, -0.2) is 25.8 Å². The van der Waals surface area contributed by atoms with Crippen LogP contribution in [0.4, 0.5) is 13.2 Å². The summed E-state index contributed by atoms with van der Waals surface area (Å²) in [6, 6.07) is 4.30. The predicted molar refractivity (Wildman–Crippen MR) is 67.4 cm³/mol. The Bertz CT molecular complexity index is 660. The molecule has 0 unspecified atom stereocenters. The van der Waals surface area contributed by atoms with Crippen molar-refractivity contribution in [2.45, 2.75) is 25.9 Å². The van der Waals surface area contributed by atoms with Gasteiger partial charge in [-0.15, -0.1) is 5.10 Å². The van der Waals surface area contributed by atoms with Gasteiger partial charge in [0.2, 0.25) is 0 Å². The Hall–Kier alpha value is -2.38. The molecule has 5 nitrogen and oxygen atoms in total. The molecule has 0 aliphatic rings. The molecule has 0 fully saturated rings. The minimum Gasteiger partial charge on any atom is -0.475 e. The first-order valence-electron chi connectivity index (χ1n) is 6.08. The molecule has 0 amide bonds. The summed E-state index contributed by atoms with van der Waals surface area (Å²) >= 11 is 0. The molecule has 21 heavy (non-hydrogen) atoms. The number of rotatable bonds is 3. The van der Waals surface area contributed by atoms with E-state index >= 15 is 0 Å². The summed E-state index contributed by atoms with van der Waals surface area (Å²) < 4.78 is 38.8. The summed E-state index contributed by atoms with van der Waals surface area (Å²) in [5.74, 6) is -1.44. The fraction of sp³-hybridized carbons (Fsp3) is 0.308. The molecular weight excluding hydrogens is 287 g/mol. The minimum atomic E-state index is -4.42. The highest BCUT2D eigenvalue weighted by atomic mass is 19.4. The average Bonchev–Trinajstić information content (AvgIpc) is 2.83. The maximum Gasteiger partial charge on any atom is 0.416 e. The number of carboxylic acid groups (broad SMARTS) is 1. The molecule has 0 spiro atoms. The molecule has 8 heteroatoms. The molecule has 0 atom stereocenters. The highest BCUT2D eigenvalue weighted by molar-refractivity contribution is 5.83. The van der Waals surface area contributed by atoms with Crippen molar-refractivity contribution < 1.29 is 23.1 Å². The number of carboxylic acids is 1. The number of hydrogen-bond donors (Lipinski definition) is 1. The zero-order valence-electron chi connectivity index (χ0n) is 11.2. The maximum atomic E-state index is 12.5. The number of benzene rings is 1. The number of alkyl halides is 3. The topological polar surface area (TPSA) is 68.0 Å². The van der Waals surface area contributed by atoms with Gasteiger partial charge in [0.1, 0.15) is 5.82 Å². The van der Waals surface area contributed by atoms with Gasteiger partial charge in [-0.25, -0.2) is 14.5 Å². The molecule has 112 valence electrons. The number of hydrogen-bond acceptors (Lipinski definition) is 3. The predicted octanol–water partition coefficient (Wildman–Crippen LogP) is 3.11. The molecule has 0 bridgehead atoms. The Kier molecular flexibility index (Phi) is 3.71. The molecule has 0 saturated heterocycles. The van der Waals surface area contributed by atoms with Crippen molar-refractivity contribution in [1.29, 1.82) is 0 Å². The molecule has 2 aromatic rings. The molecule has 2 rings (SSSR count). The fourth-order valence-corrected chi connectivity index (χ4v) is 1.77. The van der Waals surface area contributed by atoms with E-state index in [1.54, 1.807) is 13.8 Å². The van der Waals surface area contributed by atoms with E-state index < -0.39 is 23.5 Å². The maximum absolute atomic E-state index is 12.5. The largest absolute Gasteiger partial charge is 0.475 e. The van der Waals surface area contributed by atoms with Crippen LogP contribution >= 0.6 is 0 Å². The second kappa shape index (κ2) is 5.19. The zero-order chi connectivity index (χ0) is 15.8. The summed E-state index contributed by atoms with van der Waals surface area (Å²) in [6.07, 6.45) is -4.42. The van der Waals surface area contributed by atoms with Crippen LogP contribution < -0.4 is 0 Å². The van der Waals surface area contributed by atoms with E-state index in [1.807, 2.05) is 0 Å². The lowest BCUT2D eigenvalue weighted by Gasteiger charge is -2.10. The van der Waals surface area contributed by atoms with Crippen LogP contribution in [0.2, 0.25) is 0 Å². The summed E-state index contributed by atoms with van der Waals surface area (Å²) in [4.78, 5) is 14.8.